The highest BCUT2D eigenvalue weighted by Crippen LogP contribution is 2.43. The lowest BCUT2D eigenvalue weighted by molar-refractivity contribution is 0.00578. The Morgan fingerprint density at radius 1 is 1.20 bits per heavy atom. The Bertz CT molecular complexity index is 548. The normalized spacial score (nSPS) is 28.6. The number of amides is 1. The van der Waals surface area contributed by atoms with Crippen molar-refractivity contribution in [3.8, 4) is 0 Å². The number of carboxylic acid groups (broad SMARTS) is 1. The fourth-order valence-corrected chi connectivity index (χ4v) is 3.35. The molecule has 1 heterocycles. The van der Waals surface area contributed by atoms with E-state index in [0.29, 0.717) is 6.54 Å². The van der Waals surface area contributed by atoms with Gasteiger partial charge in [0.15, 0.2) is 0 Å². The maximum absolute atomic E-state index is 11.6. The Balaban J connectivity index is 2.08. The predicted octanol–water partition coefficient (Wildman–Crippen LogP) is 4.51. The molecule has 0 aromatic heterocycles. The van der Waals surface area contributed by atoms with Crippen LogP contribution in [0.15, 0.2) is 11.5 Å². The Morgan fingerprint density at radius 3 is 2.08 bits per heavy atom. The summed E-state index contributed by atoms with van der Waals surface area (Å²) in [4.78, 5) is 13.2. The molecule has 25 heavy (non-hydrogen) atoms. The topological polar surface area (TPSA) is 59.0 Å². The van der Waals surface area contributed by atoms with Gasteiger partial charge in [-0.05, 0) is 78.6 Å². The number of hydrogen-bond donors (Lipinski definition) is 1. The fourth-order valence-electron chi connectivity index (χ4n) is 3.35. The van der Waals surface area contributed by atoms with Crippen LogP contribution in [0, 0.1) is 5.41 Å². The van der Waals surface area contributed by atoms with Crippen molar-refractivity contribution in [2.75, 3.05) is 6.54 Å². The molecule has 5 nitrogen and oxygen atoms in total. The monoisotopic (exact) mass is 351 g/mol. The van der Waals surface area contributed by atoms with E-state index in [4.69, 9.17) is 9.31 Å². The number of allylic oxidation sites excluding steroid dienone is 2. The van der Waals surface area contributed by atoms with Gasteiger partial charge in [-0.1, -0.05) is 13.0 Å². The van der Waals surface area contributed by atoms with Gasteiger partial charge in [0.2, 0.25) is 0 Å². The van der Waals surface area contributed by atoms with Crippen molar-refractivity contribution in [3.63, 3.8) is 0 Å². The number of rotatable bonds is 3. The number of hydrogen-bond acceptors (Lipinski definition) is 3. The molecule has 1 aliphatic carbocycles. The maximum atomic E-state index is 11.6. The van der Waals surface area contributed by atoms with Crippen LogP contribution in [0.2, 0.25) is 0 Å². The summed E-state index contributed by atoms with van der Waals surface area (Å²) >= 11 is 0. The molecule has 1 aliphatic heterocycles. The third kappa shape index (κ3) is 4.22. The summed E-state index contributed by atoms with van der Waals surface area (Å²) in [6.45, 7) is 16.8. The molecule has 0 bridgehead atoms. The molecule has 1 fully saturated rings. The zero-order chi connectivity index (χ0) is 19.3. The zero-order valence-corrected chi connectivity index (χ0v) is 17.1. The summed E-state index contributed by atoms with van der Waals surface area (Å²) in [6.07, 6.45) is 4.00. The smallest absolute Gasteiger partial charge is 0.465 e. The van der Waals surface area contributed by atoms with Crippen LogP contribution in [0.3, 0.4) is 0 Å². The first-order valence-electron chi connectivity index (χ1n) is 9.22. The lowest BCUT2D eigenvalue weighted by Gasteiger charge is -2.42. The second-order valence-corrected chi connectivity index (χ2v) is 9.92. The summed E-state index contributed by atoms with van der Waals surface area (Å²) in [7, 11) is -0.284. The van der Waals surface area contributed by atoms with Crippen LogP contribution in [0.1, 0.15) is 74.7 Å². The minimum absolute atomic E-state index is 0.0567. The van der Waals surface area contributed by atoms with Crippen molar-refractivity contribution in [2.24, 2.45) is 5.41 Å². The Morgan fingerprint density at radius 2 is 1.72 bits per heavy atom. The third-order valence-electron chi connectivity index (χ3n) is 6.01. The second-order valence-electron chi connectivity index (χ2n) is 9.92. The number of nitrogens with zero attached hydrogens (tertiary/aromatic N) is 1. The molecule has 0 saturated carbocycles. The molecule has 1 N–H and O–H groups in total. The van der Waals surface area contributed by atoms with Crippen LogP contribution in [0.5, 0.6) is 0 Å². The van der Waals surface area contributed by atoms with Gasteiger partial charge in [-0.15, -0.1) is 0 Å². The predicted molar refractivity (Wildman–Crippen MR) is 101 cm³/mol. The van der Waals surface area contributed by atoms with E-state index < -0.39 is 11.6 Å². The molecule has 142 valence electrons. The summed E-state index contributed by atoms with van der Waals surface area (Å²) in [6, 6.07) is 0. The first-order valence-corrected chi connectivity index (χ1v) is 9.22. The summed E-state index contributed by atoms with van der Waals surface area (Å²) in [5.74, 6) is 0. The summed E-state index contributed by atoms with van der Waals surface area (Å²) < 4.78 is 12.3. The van der Waals surface area contributed by atoms with Crippen LogP contribution in [-0.4, -0.2) is 46.5 Å². The van der Waals surface area contributed by atoms with E-state index >= 15 is 0 Å². The number of carbonyl (C=O) groups is 1. The van der Waals surface area contributed by atoms with Gasteiger partial charge in [0.25, 0.3) is 0 Å². The van der Waals surface area contributed by atoms with Crippen LogP contribution >= 0.6 is 0 Å². The molecule has 2 rings (SSSR count). The van der Waals surface area contributed by atoms with Crippen molar-refractivity contribution in [1.82, 2.24) is 4.90 Å². The molecule has 0 aromatic rings. The summed E-state index contributed by atoms with van der Waals surface area (Å²) in [5.41, 5.74) is 0.0781. The van der Waals surface area contributed by atoms with Crippen LogP contribution in [0.25, 0.3) is 0 Å². The fraction of sp³-hybridized carbons (Fsp3) is 0.842. The largest absolute Gasteiger partial charge is 0.490 e. The molecular weight excluding hydrogens is 317 g/mol. The molecule has 1 unspecified atom stereocenters. The van der Waals surface area contributed by atoms with Gasteiger partial charge < -0.3 is 19.3 Å². The van der Waals surface area contributed by atoms with Gasteiger partial charge in [-0.3, -0.25) is 0 Å². The van der Waals surface area contributed by atoms with Crippen molar-refractivity contribution >= 4 is 13.2 Å². The van der Waals surface area contributed by atoms with Gasteiger partial charge in [-0.2, -0.15) is 0 Å². The highest BCUT2D eigenvalue weighted by Gasteiger charge is 2.52. The molecular formula is C19H34BNO4. The quantitative estimate of drug-likeness (QED) is 0.760. The maximum Gasteiger partial charge on any atom is 0.490 e. The lowest BCUT2D eigenvalue weighted by atomic mass is 9.66. The molecule has 0 radical (unpaired) electrons. The van der Waals surface area contributed by atoms with Crippen LogP contribution in [-0.2, 0) is 9.31 Å². The minimum atomic E-state index is -0.852. The average molecular weight is 351 g/mol. The third-order valence-corrected chi connectivity index (χ3v) is 6.01. The van der Waals surface area contributed by atoms with Crippen molar-refractivity contribution in [3.05, 3.63) is 11.5 Å². The molecule has 6 heteroatoms. The van der Waals surface area contributed by atoms with Crippen LogP contribution < -0.4 is 0 Å². The van der Waals surface area contributed by atoms with Crippen LogP contribution in [0.4, 0.5) is 4.79 Å². The van der Waals surface area contributed by atoms with Crippen molar-refractivity contribution < 1.29 is 19.2 Å². The molecule has 1 saturated heterocycles. The molecule has 2 aliphatic rings. The SMILES string of the molecule is CC1(CN(C(=O)O)C(C)(C)C)CC=C(B2OC(C)(C)C(C)(C)O2)CC1. The molecule has 0 spiro atoms. The zero-order valence-electron chi connectivity index (χ0n) is 17.1. The summed E-state index contributed by atoms with van der Waals surface area (Å²) in [5, 5.41) is 9.56. The Kier molecular flexibility index (Phi) is 5.12. The first kappa shape index (κ1) is 20.3. The van der Waals surface area contributed by atoms with E-state index in [1.54, 1.807) is 4.90 Å². The van der Waals surface area contributed by atoms with E-state index in [9.17, 15) is 9.90 Å². The van der Waals surface area contributed by atoms with Gasteiger partial charge in [0, 0.05) is 12.1 Å². The van der Waals surface area contributed by atoms with E-state index in [1.807, 2.05) is 20.8 Å². The first-order chi connectivity index (χ1) is 11.2. The highest BCUT2D eigenvalue weighted by molar-refractivity contribution is 6.54. The van der Waals surface area contributed by atoms with Gasteiger partial charge in [-0.25, -0.2) is 4.79 Å². The van der Waals surface area contributed by atoms with Gasteiger partial charge in [0.1, 0.15) is 0 Å². The van der Waals surface area contributed by atoms with E-state index in [2.05, 4.69) is 40.7 Å². The van der Waals surface area contributed by atoms with Gasteiger partial charge >= 0.3 is 13.2 Å². The van der Waals surface area contributed by atoms with E-state index in [0.717, 1.165) is 19.3 Å². The van der Waals surface area contributed by atoms with Gasteiger partial charge in [0.05, 0.1) is 11.2 Å². The van der Waals surface area contributed by atoms with Crippen molar-refractivity contribution in [1.29, 1.82) is 0 Å². The minimum Gasteiger partial charge on any atom is -0.465 e. The average Bonchev–Trinajstić information content (AvgIpc) is 2.64. The molecule has 1 atom stereocenters. The van der Waals surface area contributed by atoms with E-state index in [-0.39, 0.29) is 23.7 Å². The molecule has 1 amide bonds. The Hall–Kier alpha value is -1.01. The molecule has 0 aromatic carbocycles. The highest BCUT2D eigenvalue weighted by atomic mass is 16.7. The second kappa shape index (κ2) is 6.31. The van der Waals surface area contributed by atoms with Crippen molar-refractivity contribution in [2.45, 2.75) is 91.4 Å². The van der Waals surface area contributed by atoms with E-state index in [1.165, 1.54) is 5.47 Å². The lowest BCUT2D eigenvalue weighted by Crippen LogP contribution is -2.50. The Labute approximate surface area is 152 Å². The standard InChI is InChI=1S/C19H34BNO4/c1-16(2,3)21(15(22)23)13-19(8)11-9-14(10-12-19)20-24-17(4,5)18(6,7)25-20/h9H,10-13H2,1-8H3,(H,22,23).